The van der Waals surface area contributed by atoms with E-state index in [2.05, 4.69) is 5.32 Å². The van der Waals surface area contributed by atoms with E-state index in [0.717, 1.165) is 36.2 Å². The number of hydrogen-bond acceptors (Lipinski definition) is 3. The van der Waals surface area contributed by atoms with Crippen LogP contribution in [0.4, 0.5) is 0 Å². The van der Waals surface area contributed by atoms with E-state index in [4.69, 9.17) is 4.42 Å². The fraction of sp³-hybridized carbons (Fsp3) is 0.438. The third-order valence-corrected chi connectivity index (χ3v) is 4.17. The zero-order valence-electron chi connectivity index (χ0n) is 11.9. The molecule has 1 fully saturated rings. The average molecular weight is 272 g/mol. The van der Waals surface area contributed by atoms with Crippen molar-refractivity contribution in [1.82, 2.24) is 10.2 Å². The number of carbonyl (C=O) groups is 1. The molecule has 1 aliphatic rings. The summed E-state index contributed by atoms with van der Waals surface area (Å²) in [6.07, 6.45) is 1.02. The van der Waals surface area contributed by atoms with Gasteiger partial charge in [0.1, 0.15) is 11.3 Å². The number of likely N-dealkylation sites (N-methyl/N-ethyl adjacent to an activating group) is 1. The monoisotopic (exact) mass is 272 g/mol. The molecule has 0 aliphatic carbocycles. The molecule has 2 atom stereocenters. The highest BCUT2D eigenvalue weighted by Crippen LogP contribution is 2.26. The van der Waals surface area contributed by atoms with Crippen LogP contribution in [0.15, 0.2) is 34.7 Å². The van der Waals surface area contributed by atoms with Crippen molar-refractivity contribution in [2.24, 2.45) is 0 Å². The van der Waals surface area contributed by atoms with Crippen molar-refractivity contribution in [3.8, 4) is 0 Å². The van der Waals surface area contributed by atoms with E-state index in [0.29, 0.717) is 6.04 Å². The molecule has 1 N–H and O–H groups in total. The number of fused-ring (bicyclic) bond motifs is 1. The summed E-state index contributed by atoms with van der Waals surface area (Å²) in [7, 11) is 1.89. The maximum Gasteiger partial charge on any atom is 0.233 e. The molecule has 0 spiro atoms. The van der Waals surface area contributed by atoms with Crippen LogP contribution in [0.2, 0.25) is 0 Å². The minimum absolute atomic E-state index is 0.123. The van der Waals surface area contributed by atoms with Crippen LogP contribution >= 0.6 is 0 Å². The average Bonchev–Trinajstić information content (AvgIpc) is 3.13. The van der Waals surface area contributed by atoms with Gasteiger partial charge in [0.05, 0.1) is 5.92 Å². The Morgan fingerprint density at radius 3 is 2.95 bits per heavy atom. The van der Waals surface area contributed by atoms with E-state index >= 15 is 0 Å². The van der Waals surface area contributed by atoms with Crippen LogP contribution in [0, 0.1) is 0 Å². The van der Waals surface area contributed by atoms with Gasteiger partial charge in [-0.2, -0.15) is 0 Å². The largest absolute Gasteiger partial charge is 0.460 e. The Morgan fingerprint density at radius 2 is 2.25 bits per heavy atom. The Hall–Kier alpha value is -1.81. The molecule has 1 aromatic carbocycles. The number of furan rings is 1. The SMILES string of the molecule is CC(C(=O)N(C)C1CCNC1)c1cc2ccccc2o1. The topological polar surface area (TPSA) is 45.5 Å². The molecule has 4 heteroatoms. The molecule has 2 heterocycles. The van der Waals surface area contributed by atoms with Crippen molar-refractivity contribution in [3.63, 3.8) is 0 Å². The lowest BCUT2D eigenvalue weighted by atomic mass is 10.1. The van der Waals surface area contributed by atoms with Crippen LogP contribution in [0.25, 0.3) is 11.0 Å². The van der Waals surface area contributed by atoms with Gasteiger partial charge in [-0.3, -0.25) is 4.79 Å². The highest BCUT2D eigenvalue weighted by atomic mass is 16.3. The summed E-state index contributed by atoms with van der Waals surface area (Å²) in [6, 6.07) is 10.1. The predicted octanol–water partition coefficient (Wildman–Crippen LogP) is 2.36. The number of carbonyl (C=O) groups excluding carboxylic acids is 1. The van der Waals surface area contributed by atoms with Gasteiger partial charge < -0.3 is 14.6 Å². The Kier molecular flexibility index (Phi) is 3.49. The lowest BCUT2D eigenvalue weighted by molar-refractivity contribution is -0.133. The molecular formula is C16H20N2O2. The van der Waals surface area contributed by atoms with Crippen LogP contribution in [0.3, 0.4) is 0 Å². The highest BCUT2D eigenvalue weighted by Gasteiger charge is 2.28. The standard InChI is InChI=1S/C16H20N2O2/c1-11(16(19)18(2)13-7-8-17-10-13)15-9-12-5-3-4-6-14(12)20-15/h3-6,9,11,13,17H,7-8,10H2,1-2H3. The number of nitrogens with zero attached hydrogens (tertiary/aromatic N) is 1. The van der Waals surface area contributed by atoms with Crippen molar-refractivity contribution < 1.29 is 9.21 Å². The van der Waals surface area contributed by atoms with Gasteiger partial charge >= 0.3 is 0 Å². The Balaban J connectivity index is 1.80. The number of benzene rings is 1. The van der Waals surface area contributed by atoms with Gasteiger partial charge in [0.15, 0.2) is 0 Å². The maximum atomic E-state index is 12.5. The quantitative estimate of drug-likeness (QED) is 0.933. The summed E-state index contributed by atoms with van der Waals surface area (Å²) in [5.41, 5.74) is 0.840. The zero-order chi connectivity index (χ0) is 14.1. The highest BCUT2D eigenvalue weighted by molar-refractivity contribution is 5.85. The van der Waals surface area contributed by atoms with Crippen LogP contribution < -0.4 is 5.32 Å². The predicted molar refractivity (Wildman–Crippen MR) is 78.7 cm³/mol. The normalized spacial score (nSPS) is 20.2. The van der Waals surface area contributed by atoms with Crippen molar-refractivity contribution in [2.75, 3.05) is 20.1 Å². The number of amides is 1. The summed E-state index contributed by atoms with van der Waals surface area (Å²) >= 11 is 0. The second kappa shape index (κ2) is 5.29. The molecule has 1 aromatic heterocycles. The number of rotatable bonds is 3. The molecular weight excluding hydrogens is 252 g/mol. The van der Waals surface area contributed by atoms with Crippen LogP contribution in [-0.4, -0.2) is 37.0 Å². The van der Waals surface area contributed by atoms with Crippen LogP contribution in [-0.2, 0) is 4.79 Å². The summed E-state index contributed by atoms with van der Waals surface area (Å²) in [5.74, 6) is 0.625. The first kappa shape index (κ1) is 13.2. The van der Waals surface area contributed by atoms with Gasteiger partial charge in [0.2, 0.25) is 5.91 Å². The Labute approximate surface area is 118 Å². The lowest BCUT2D eigenvalue weighted by Crippen LogP contribution is -2.40. The number of para-hydroxylation sites is 1. The molecule has 2 aromatic rings. The second-order valence-electron chi connectivity index (χ2n) is 5.50. The van der Waals surface area contributed by atoms with Gasteiger partial charge in [-0.25, -0.2) is 0 Å². The number of hydrogen-bond donors (Lipinski definition) is 1. The Bertz CT molecular complexity index is 581. The summed E-state index contributed by atoms with van der Waals surface area (Å²) in [5, 5.41) is 4.34. The molecule has 0 saturated carbocycles. The van der Waals surface area contributed by atoms with Crippen LogP contribution in [0.1, 0.15) is 25.0 Å². The molecule has 4 nitrogen and oxygen atoms in total. The Morgan fingerprint density at radius 1 is 1.45 bits per heavy atom. The van der Waals surface area contributed by atoms with Crippen molar-refractivity contribution in [2.45, 2.75) is 25.3 Å². The number of nitrogens with one attached hydrogen (secondary N) is 1. The summed E-state index contributed by atoms with van der Waals surface area (Å²) in [6.45, 7) is 3.79. The maximum absolute atomic E-state index is 12.5. The van der Waals surface area contributed by atoms with Gasteiger partial charge in [-0.1, -0.05) is 18.2 Å². The first-order chi connectivity index (χ1) is 9.66. The first-order valence-electron chi connectivity index (χ1n) is 7.12. The van der Waals surface area contributed by atoms with Crippen molar-refractivity contribution in [1.29, 1.82) is 0 Å². The second-order valence-corrected chi connectivity index (χ2v) is 5.50. The fourth-order valence-corrected chi connectivity index (χ4v) is 2.79. The minimum atomic E-state index is -0.243. The molecule has 2 unspecified atom stereocenters. The fourth-order valence-electron chi connectivity index (χ4n) is 2.79. The zero-order valence-corrected chi connectivity index (χ0v) is 11.9. The molecule has 1 amide bonds. The molecule has 0 radical (unpaired) electrons. The van der Waals surface area contributed by atoms with E-state index < -0.39 is 0 Å². The van der Waals surface area contributed by atoms with Gasteiger partial charge in [-0.05, 0) is 32.0 Å². The first-order valence-corrected chi connectivity index (χ1v) is 7.12. The molecule has 20 heavy (non-hydrogen) atoms. The van der Waals surface area contributed by atoms with E-state index in [1.165, 1.54) is 0 Å². The van der Waals surface area contributed by atoms with Gasteiger partial charge in [0, 0.05) is 25.0 Å². The van der Waals surface area contributed by atoms with Gasteiger partial charge in [0.25, 0.3) is 0 Å². The van der Waals surface area contributed by atoms with E-state index in [1.54, 1.807) is 0 Å². The van der Waals surface area contributed by atoms with E-state index in [1.807, 2.05) is 49.2 Å². The smallest absolute Gasteiger partial charge is 0.233 e. The van der Waals surface area contributed by atoms with Gasteiger partial charge in [-0.15, -0.1) is 0 Å². The van der Waals surface area contributed by atoms with E-state index in [9.17, 15) is 4.79 Å². The molecule has 0 bridgehead atoms. The molecule has 1 aliphatic heterocycles. The third kappa shape index (κ3) is 2.31. The van der Waals surface area contributed by atoms with Crippen LogP contribution in [0.5, 0.6) is 0 Å². The van der Waals surface area contributed by atoms with Crippen molar-refractivity contribution >= 4 is 16.9 Å². The minimum Gasteiger partial charge on any atom is -0.460 e. The molecule has 3 rings (SSSR count). The lowest BCUT2D eigenvalue weighted by Gasteiger charge is -2.26. The summed E-state index contributed by atoms with van der Waals surface area (Å²) in [4.78, 5) is 14.4. The molecule has 106 valence electrons. The third-order valence-electron chi connectivity index (χ3n) is 4.17. The van der Waals surface area contributed by atoms with E-state index in [-0.39, 0.29) is 11.8 Å². The van der Waals surface area contributed by atoms with Crippen molar-refractivity contribution in [3.05, 3.63) is 36.1 Å². The summed E-state index contributed by atoms with van der Waals surface area (Å²) < 4.78 is 5.80. The molecule has 1 saturated heterocycles.